The number of hydrogen-bond acceptors (Lipinski definition) is 2. The number of ether oxygens (including phenoxy) is 1. The Balaban J connectivity index is 2.35. The lowest BCUT2D eigenvalue weighted by atomic mass is 10.1. The number of benzene rings is 1. The Morgan fingerprint density at radius 2 is 2.38 bits per heavy atom. The molecule has 3 nitrogen and oxygen atoms in total. The van der Waals surface area contributed by atoms with Crippen molar-refractivity contribution < 1.29 is 14.6 Å². The topological polar surface area (TPSA) is 46.5 Å². The molecule has 0 aromatic heterocycles. The standard InChI is InChI=1S/C9H7BrO3/c10-6-3-1-2-5-4-7(9(11)12)13-8(5)6/h1-3,7H,4H2,(H,11,12)/t7-/m1/s1. The van der Waals surface area contributed by atoms with E-state index in [2.05, 4.69) is 15.9 Å². The van der Waals surface area contributed by atoms with Gasteiger partial charge in [-0.25, -0.2) is 4.79 Å². The fourth-order valence-electron chi connectivity index (χ4n) is 1.37. The molecule has 1 N–H and O–H groups in total. The summed E-state index contributed by atoms with van der Waals surface area (Å²) in [5, 5.41) is 8.74. The molecule has 1 aromatic rings. The summed E-state index contributed by atoms with van der Waals surface area (Å²) in [5.41, 5.74) is 0.946. The van der Waals surface area contributed by atoms with Crippen LogP contribution in [0, 0.1) is 0 Å². The van der Waals surface area contributed by atoms with E-state index >= 15 is 0 Å². The number of fused-ring (bicyclic) bond motifs is 1. The molecule has 4 heteroatoms. The molecule has 1 heterocycles. The van der Waals surface area contributed by atoms with Crippen LogP contribution in [0.15, 0.2) is 22.7 Å². The Morgan fingerprint density at radius 3 is 3.00 bits per heavy atom. The van der Waals surface area contributed by atoms with Crippen LogP contribution in [-0.2, 0) is 11.2 Å². The zero-order valence-corrected chi connectivity index (χ0v) is 8.24. The van der Waals surface area contributed by atoms with E-state index in [1.165, 1.54) is 0 Å². The number of carboxylic acids is 1. The maximum Gasteiger partial charge on any atom is 0.345 e. The number of halogens is 1. The molecule has 0 spiro atoms. The van der Waals surface area contributed by atoms with Gasteiger partial charge in [0.05, 0.1) is 4.47 Å². The highest BCUT2D eigenvalue weighted by Gasteiger charge is 2.29. The minimum Gasteiger partial charge on any atom is -0.478 e. The summed E-state index contributed by atoms with van der Waals surface area (Å²) < 4.78 is 6.07. The molecule has 0 fully saturated rings. The van der Waals surface area contributed by atoms with E-state index in [4.69, 9.17) is 9.84 Å². The van der Waals surface area contributed by atoms with Gasteiger partial charge in [0.15, 0.2) is 6.10 Å². The lowest BCUT2D eigenvalue weighted by molar-refractivity contribution is -0.144. The molecular formula is C9H7BrO3. The fraction of sp³-hybridized carbons (Fsp3) is 0.222. The van der Waals surface area contributed by atoms with Crippen LogP contribution in [-0.4, -0.2) is 17.2 Å². The third-order valence-electron chi connectivity index (χ3n) is 1.99. The molecule has 2 rings (SSSR count). The quantitative estimate of drug-likeness (QED) is 0.818. The molecule has 0 bridgehead atoms. The molecule has 0 radical (unpaired) electrons. The first-order chi connectivity index (χ1) is 6.18. The smallest absolute Gasteiger partial charge is 0.345 e. The highest BCUT2D eigenvalue weighted by molar-refractivity contribution is 9.10. The number of rotatable bonds is 1. The zero-order valence-electron chi connectivity index (χ0n) is 6.66. The molecule has 0 amide bonds. The van der Waals surface area contributed by atoms with Gasteiger partial charge in [-0.05, 0) is 27.6 Å². The van der Waals surface area contributed by atoms with Gasteiger partial charge in [0.1, 0.15) is 5.75 Å². The number of carboxylic acid groups (broad SMARTS) is 1. The van der Waals surface area contributed by atoms with Crippen LogP contribution in [0.25, 0.3) is 0 Å². The van der Waals surface area contributed by atoms with Crippen molar-refractivity contribution in [2.45, 2.75) is 12.5 Å². The molecule has 1 atom stereocenters. The highest BCUT2D eigenvalue weighted by atomic mass is 79.9. The second kappa shape index (κ2) is 3.03. The number of hydrogen-bond donors (Lipinski definition) is 1. The Labute approximate surface area is 83.5 Å². The van der Waals surface area contributed by atoms with E-state index in [1.54, 1.807) is 0 Å². The Kier molecular flexibility index (Phi) is 2.00. The lowest BCUT2D eigenvalue weighted by Gasteiger charge is -2.04. The monoisotopic (exact) mass is 242 g/mol. The fourth-order valence-corrected chi connectivity index (χ4v) is 1.87. The highest BCUT2D eigenvalue weighted by Crippen LogP contribution is 2.35. The molecule has 0 saturated heterocycles. The van der Waals surface area contributed by atoms with Crippen molar-refractivity contribution in [3.05, 3.63) is 28.2 Å². The molecule has 13 heavy (non-hydrogen) atoms. The van der Waals surface area contributed by atoms with Crippen LogP contribution < -0.4 is 4.74 Å². The molecular weight excluding hydrogens is 236 g/mol. The van der Waals surface area contributed by atoms with Crippen LogP contribution in [0.2, 0.25) is 0 Å². The van der Waals surface area contributed by atoms with E-state index in [-0.39, 0.29) is 0 Å². The SMILES string of the molecule is O=C(O)[C@H]1Cc2cccc(Br)c2O1. The van der Waals surface area contributed by atoms with Crippen molar-refractivity contribution in [3.8, 4) is 5.75 Å². The Morgan fingerprint density at radius 1 is 1.62 bits per heavy atom. The predicted octanol–water partition coefficient (Wildman–Crippen LogP) is 1.84. The summed E-state index contributed by atoms with van der Waals surface area (Å²) in [6, 6.07) is 5.59. The van der Waals surface area contributed by atoms with Gasteiger partial charge < -0.3 is 9.84 Å². The number of carbonyl (C=O) groups is 1. The molecule has 0 aliphatic carbocycles. The number of para-hydroxylation sites is 1. The van der Waals surface area contributed by atoms with Crippen LogP contribution in [0.5, 0.6) is 5.75 Å². The van der Waals surface area contributed by atoms with Gasteiger partial charge in [-0.3, -0.25) is 0 Å². The third kappa shape index (κ3) is 1.42. The summed E-state index contributed by atoms with van der Waals surface area (Å²) in [7, 11) is 0. The largest absolute Gasteiger partial charge is 0.478 e. The molecule has 1 aromatic carbocycles. The number of aliphatic carboxylic acids is 1. The van der Waals surface area contributed by atoms with Crippen LogP contribution in [0.4, 0.5) is 0 Å². The normalized spacial score (nSPS) is 19.3. The van der Waals surface area contributed by atoms with Gasteiger partial charge in [-0.1, -0.05) is 12.1 Å². The first kappa shape index (κ1) is 8.56. The molecule has 68 valence electrons. The van der Waals surface area contributed by atoms with Crippen molar-refractivity contribution in [1.29, 1.82) is 0 Å². The van der Waals surface area contributed by atoms with Crippen molar-refractivity contribution in [2.75, 3.05) is 0 Å². The van der Waals surface area contributed by atoms with E-state index in [9.17, 15) is 4.79 Å². The van der Waals surface area contributed by atoms with Crippen molar-refractivity contribution in [3.63, 3.8) is 0 Å². The molecule has 1 aliphatic rings. The Hall–Kier alpha value is -1.03. The minimum absolute atomic E-state index is 0.449. The van der Waals surface area contributed by atoms with Gasteiger partial charge in [0.25, 0.3) is 0 Å². The average molecular weight is 243 g/mol. The van der Waals surface area contributed by atoms with Crippen LogP contribution >= 0.6 is 15.9 Å². The maximum absolute atomic E-state index is 10.6. The first-order valence-corrected chi connectivity index (χ1v) is 4.64. The molecule has 0 unspecified atom stereocenters. The lowest BCUT2D eigenvalue weighted by Crippen LogP contribution is -2.24. The Bertz CT molecular complexity index is 362. The zero-order chi connectivity index (χ0) is 9.42. The summed E-state index contributed by atoms with van der Waals surface area (Å²) in [4.78, 5) is 10.6. The second-order valence-electron chi connectivity index (χ2n) is 2.88. The summed E-state index contributed by atoms with van der Waals surface area (Å²) in [5.74, 6) is -0.252. The maximum atomic E-state index is 10.6. The summed E-state index contributed by atoms with van der Waals surface area (Å²) in [6.45, 7) is 0. The van der Waals surface area contributed by atoms with Crippen molar-refractivity contribution >= 4 is 21.9 Å². The summed E-state index contributed by atoms with van der Waals surface area (Å²) >= 11 is 3.31. The van der Waals surface area contributed by atoms with E-state index in [1.807, 2.05) is 18.2 Å². The van der Waals surface area contributed by atoms with Gasteiger partial charge in [0.2, 0.25) is 0 Å². The van der Waals surface area contributed by atoms with Crippen molar-refractivity contribution in [2.24, 2.45) is 0 Å². The van der Waals surface area contributed by atoms with Gasteiger partial charge in [0, 0.05) is 6.42 Å². The average Bonchev–Trinajstić information content (AvgIpc) is 2.49. The second-order valence-corrected chi connectivity index (χ2v) is 3.73. The summed E-state index contributed by atoms with van der Waals surface area (Å²) in [6.07, 6.45) is -0.280. The predicted molar refractivity (Wildman–Crippen MR) is 49.9 cm³/mol. The van der Waals surface area contributed by atoms with Crippen LogP contribution in [0.3, 0.4) is 0 Å². The first-order valence-electron chi connectivity index (χ1n) is 3.85. The molecule has 1 aliphatic heterocycles. The van der Waals surface area contributed by atoms with Crippen molar-refractivity contribution in [1.82, 2.24) is 0 Å². The van der Waals surface area contributed by atoms with Crippen LogP contribution in [0.1, 0.15) is 5.56 Å². The van der Waals surface area contributed by atoms with E-state index in [0.29, 0.717) is 12.2 Å². The third-order valence-corrected chi connectivity index (χ3v) is 2.61. The van der Waals surface area contributed by atoms with Gasteiger partial charge in [-0.2, -0.15) is 0 Å². The van der Waals surface area contributed by atoms with E-state index < -0.39 is 12.1 Å². The van der Waals surface area contributed by atoms with Gasteiger partial charge in [-0.15, -0.1) is 0 Å². The minimum atomic E-state index is -0.914. The molecule has 0 saturated carbocycles. The van der Waals surface area contributed by atoms with E-state index in [0.717, 1.165) is 10.0 Å². The van der Waals surface area contributed by atoms with Gasteiger partial charge >= 0.3 is 5.97 Å².